The van der Waals surface area contributed by atoms with Crippen LogP contribution in [0.1, 0.15) is 25.0 Å². The molecule has 0 aliphatic carbocycles. The second kappa shape index (κ2) is 7.52. The number of alkyl halides is 3. The van der Waals surface area contributed by atoms with E-state index in [0.29, 0.717) is 5.56 Å². The van der Waals surface area contributed by atoms with Crippen LogP contribution in [0.5, 0.6) is 0 Å². The van der Waals surface area contributed by atoms with E-state index in [9.17, 15) is 27.9 Å². The number of hydrogen-bond acceptors (Lipinski definition) is 5. The lowest BCUT2D eigenvalue weighted by Gasteiger charge is -2.30. The maximum Gasteiger partial charge on any atom is 0.432 e. The molecule has 0 aliphatic heterocycles. The number of esters is 1. The van der Waals surface area contributed by atoms with Crippen LogP contribution in [0.2, 0.25) is 0 Å². The Bertz CT molecular complexity index is 618. The summed E-state index contributed by atoms with van der Waals surface area (Å²) < 4.78 is 49.4. The standard InChI is InChI=1S/C15H18F3NO5/c1-4-23-12(20)14(22,15(16,17)18)10-8-9(3)6-7-11(10)19-13(21)24-5-2/h6-8,22H,4-5H2,1-3H3,(H,19,21). The number of anilines is 1. The van der Waals surface area contributed by atoms with Gasteiger partial charge in [-0.15, -0.1) is 0 Å². The van der Waals surface area contributed by atoms with E-state index >= 15 is 0 Å². The zero-order chi connectivity index (χ0) is 18.5. The number of aliphatic hydroxyl groups is 1. The van der Waals surface area contributed by atoms with Crippen molar-refractivity contribution in [2.24, 2.45) is 0 Å². The molecule has 1 rings (SSSR count). The van der Waals surface area contributed by atoms with Crippen LogP contribution in [0.4, 0.5) is 23.7 Å². The summed E-state index contributed by atoms with van der Waals surface area (Å²) in [5, 5.41) is 12.3. The van der Waals surface area contributed by atoms with Gasteiger partial charge in [-0.25, -0.2) is 9.59 Å². The van der Waals surface area contributed by atoms with E-state index in [0.717, 1.165) is 12.1 Å². The minimum absolute atomic E-state index is 0.00551. The number of rotatable bonds is 5. The van der Waals surface area contributed by atoms with Crippen LogP contribution in [0.25, 0.3) is 0 Å². The summed E-state index contributed by atoms with van der Waals surface area (Å²) in [6, 6.07) is 3.50. The molecule has 1 aromatic carbocycles. The molecule has 1 unspecified atom stereocenters. The summed E-state index contributed by atoms with van der Waals surface area (Å²) in [4.78, 5) is 23.4. The number of hydrogen-bond donors (Lipinski definition) is 2. The van der Waals surface area contributed by atoms with Gasteiger partial charge >= 0.3 is 18.2 Å². The SMILES string of the molecule is CCOC(=O)Nc1ccc(C)cc1C(O)(C(=O)OCC)C(F)(F)F. The fraction of sp³-hybridized carbons (Fsp3) is 0.467. The first-order valence-corrected chi connectivity index (χ1v) is 7.09. The molecule has 1 amide bonds. The zero-order valence-electron chi connectivity index (χ0n) is 13.4. The highest BCUT2D eigenvalue weighted by atomic mass is 19.4. The largest absolute Gasteiger partial charge is 0.463 e. The smallest absolute Gasteiger partial charge is 0.432 e. The molecule has 1 aromatic rings. The molecule has 0 bridgehead atoms. The van der Waals surface area contributed by atoms with Crippen molar-refractivity contribution in [3.63, 3.8) is 0 Å². The van der Waals surface area contributed by atoms with Gasteiger partial charge in [0.15, 0.2) is 0 Å². The van der Waals surface area contributed by atoms with Crippen LogP contribution in [0.3, 0.4) is 0 Å². The Morgan fingerprint density at radius 2 is 1.75 bits per heavy atom. The quantitative estimate of drug-likeness (QED) is 0.799. The third-order valence-corrected chi connectivity index (χ3v) is 3.06. The van der Waals surface area contributed by atoms with Crippen LogP contribution in [-0.4, -0.2) is 36.6 Å². The molecule has 0 radical (unpaired) electrons. The first-order valence-electron chi connectivity index (χ1n) is 7.09. The lowest BCUT2D eigenvalue weighted by Crippen LogP contribution is -2.50. The highest BCUT2D eigenvalue weighted by Crippen LogP contribution is 2.43. The average Bonchev–Trinajstić information content (AvgIpc) is 2.47. The molecule has 2 N–H and O–H groups in total. The van der Waals surface area contributed by atoms with Crippen molar-refractivity contribution >= 4 is 17.7 Å². The van der Waals surface area contributed by atoms with Gasteiger partial charge in [-0.2, -0.15) is 13.2 Å². The number of halogens is 3. The molecule has 0 aromatic heterocycles. The van der Waals surface area contributed by atoms with Crippen molar-refractivity contribution in [3.8, 4) is 0 Å². The number of carbonyl (C=O) groups excluding carboxylic acids is 2. The van der Waals surface area contributed by atoms with Crippen molar-refractivity contribution in [2.75, 3.05) is 18.5 Å². The van der Waals surface area contributed by atoms with E-state index in [-0.39, 0.29) is 13.2 Å². The molecule has 134 valence electrons. The van der Waals surface area contributed by atoms with E-state index in [1.807, 2.05) is 0 Å². The lowest BCUT2D eigenvalue weighted by molar-refractivity contribution is -0.267. The van der Waals surface area contributed by atoms with Crippen molar-refractivity contribution in [3.05, 3.63) is 29.3 Å². The summed E-state index contributed by atoms with van der Waals surface area (Å²) in [7, 11) is 0. The fourth-order valence-electron chi connectivity index (χ4n) is 1.96. The summed E-state index contributed by atoms with van der Waals surface area (Å²) in [6.07, 6.45) is -6.38. The third kappa shape index (κ3) is 3.97. The highest BCUT2D eigenvalue weighted by molar-refractivity contribution is 5.90. The van der Waals surface area contributed by atoms with Crippen LogP contribution in [-0.2, 0) is 19.9 Å². The predicted molar refractivity (Wildman–Crippen MR) is 78.4 cm³/mol. The van der Waals surface area contributed by atoms with Gasteiger partial charge in [0.05, 0.1) is 18.9 Å². The maximum absolute atomic E-state index is 13.5. The number of ether oxygens (including phenoxy) is 2. The van der Waals surface area contributed by atoms with Crippen molar-refractivity contribution in [1.29, 1.82) is 0 Å². The van der Waals surface area contributed by atoms with Gasteiger partial charge in [0, 0.05) is 5.56 Å². The van der Waals surface area contributed by atoms with Gasteiger partial charge in [0.25, 0.3) is 5.60 Å². The van der Waals surface area contributed by atoms with Gasteiger partial charge in [-0.3, -0.25) is 5.32 Å². The second-order valence-corrected chi connectivity index (χ2v) is 4.82. The Morgan fingerprint density at radius 3 is 2.25 bits per heavy atom. The Balaban J connectivity index is 3.49. The molecule has 0 saturated heterocycles. The normalized spacial score (nSPS) is 13.8. The van der Waals surface area contributed by atoms with E-state index in [1.165, 1.54) is 26.8 Å². The molecule has 0 aliphatic rings. The second-order valence-electron chi connectivity index (χ2n) is 4.82. The number of aryl methyl sites for hydroxylation is 1. The van der Waals surface area contributed by atoms with Gasteiger partial charge in [-0.05, 0) is 26.8 Å². The van der Waals surface area contributed by atoms with Gasteiger partial charge in [0.2, 0.25) is 0 Å². The number of nitrogens with one attached hydrogen (secondary N) is 1. The fourth-order valence-corrected chi connectivity index (χ4v) is 1.96. The summed E-state index contributed by atoms with van der Waals surface area (Å²) in [5.41, 5.74) is -4.84. The Labute approximate surface area is 136 Å². The number of amides is 1. The topological polar surface area (TPSA) is 84.9 Å². The summed E-state index contributed by atoms with van der Waals surface area (Å²) in [5.74, 6) is -1.88. The monoisotopic (exact) mass is 349 g/mol. The molecule has 24 heavy (non-hydrogen) atoms. The molecule has 6 nitrogen and oxygen atoms in total. The van der Waals surface area contributed by atoms with Crippen molar-refractivity contribution < 1.29 is 37.3 Å². The van der Waals surface area contributed by atoms with Gasteiger partial charge < -0.3 is 14.6 Å². The predicted octanol–water partition coefficient (Wildman–Crippen LogP) is 2.88. The Morgan fingerprint density at radius 1 is 1.17 bits per heavy atom. The van der Waals surface area contributed by atoms with E-state index < -0.39 is 35.1 Å². The van der Waals surface area contributed by atoms with E-state index in [4.69, 9.17) is 0 Å². The molecule has 9 heteroatoms. The minimum Gasteiger partial charge on any atom is -0.463 e. The Kier molecular flexibility index (Phi) is 6.19. The van der Waals surface area contributed by atoms with Gasteiger partial charge in [0.1, 0.15) is 0 Å². The van der Waals surface area contributed by atoms with Crippen LogP contribution < -0.4 is 5.32 Å². The summed E-state index contributed by atoms with van der Waals surface area (Å²) >= 11 is 0. The van der Waals surface area contributed by atoms with Crippen LogP contribution in [0.15, 0.2) is 18.2 Å². The molecular weight excluding hydrogens is 331 g/mol. The highest BCUT2D eigenvalue weighted by Gasteiger charge is 2.63. The first-order chi connectivity index (χ1) is 11.1. The molecule has 1 atom stereocenters. The molecule has 0 fully saturated rings. The average molecular weight is 349 g/mol. The third-order valence-electron chi connectivity index (χ3n) is 3.06. The molecule has 0 heterocycles. The zero-order valence-corrected chi connectivity index (χ0v) is 13.4. The lowest BCUT2D eigenvalue weighted by atomic mass is 9.90. The van der Waals surface area contributed by atoms with E-state index in [2.05, 4.69) is 14.8 Å². The van der Waals surface area contributed by atoms with Crippen LogP contribution in [0, 0.1) is 6.92 Å². The van der Waals surface area contributed by atoms with Crippen molar-refractivity contribution in [1.82, 2.24) is 0 Å². The number of benzene rings is 1. The number of carbonyl (C=O) groups is 2. The Hall–Kier alpha value is -2.29. The first kappa shape index (κ1) is 19.8. The maximum atomic E-state index is 13.5. The summed E-state index contributed by atoms with van der Waals surface area (Å²) in [6.45, 7) is 3.93. The van der Waals surface area contributed by atoms with Gasteiger partial charge in [-0.1, -0.05) is 17.7 Å². The minimum atomic E-state index is -5.36. The van der Waals surface area contributed by atoms with Crippen molar-refractivity contribution in [2.45, 2.75) is 32.5 Å². The van der Waals surface area contributed by atoms with E-state index in [1.54, 1.807) is 0 Å². The molecular formula is C15H18F3NO5. The molecule has 0 spiro atoms. The van der Waals surface area contributed by atoms with Crippen LogP contribution >= 0.6 is 0 Å². The molecule has 0 saturated carbocycles.